The van der Waals surface area contributed by atoms with Crippen molar-refractivity contribution in [2.45, 2.75) is 26.7 Å². The van der Waals surface area contributed by atoms with E-state index in [0.29, 0.717) is 5.92 Å². The fraction of sp³-hybridized carbons (Fsp3) is 0.625. The van der Waals surface area contributed by atoms with Gasteiger partial charge in [0.1, 0.15) is 0 Å². The van der Waals surface area contributed by atoms with Crippen molar-refractivity contribution in [1.29, 1.82) is 0 Å². The van der Waals surface area contributed by atoms with Gasteiger partial charge in [0, 0.05) is 0 Å². The summed E-state index contributed by atoms with van der Waals surface area (Å²) >= 11 is 0. The molecule has 0 spiro atoms. The largest absolute Gasteiger partial charge is 0.346 e. The molecule has 10 heavy (non-hydrogen) atoms. The Kier molecular flexibility index (Phi) is 68.6. The van der Waals surface area contributed by atoms with E-state index < -0.39 is 0 Å². The molecule has 0 saturated heterocycles. The summed E-state index contributed by atoms with van der Waals surface area (Å²) in [5.74, 6) is 0.586. The molecule has 0 rings (SSSR count). The first-order valence-electron chi connectivity index (χ1n) is 3.10. The molecule has 0 nitrogen and oxygen atoms in total. The van der Waals surface area contributed by atoms with Crippen LogP contribution < -0.4 is 0 Å². The van der Waals surface area contributed by atoms with Crippen LogP contribution in [-0.4, -0.2) is 0 Å². The van der Waals surface area contributed by atoms with E-state index >= 15 is 0 Å². The Balaban J connectivity index is -0.0000000412. The predicted molar refractivity (Wildman–Crippen MR) is 40.1 cm³/mol. The summed E-state index contributed by atoms with van der Waals surface area (Å²) in [5.41, 5.74) is 0. The molecule has 0 heterocycles. The van der Waals surface area contributed by atoms with Crippen LogP contribution in [0.25, 0.3) is 0 Å². The minimum absolute atomic E-state index is 0. The van der Waals surface area contributed by atoms with Gasteiger partial charge in [-0.05, 0) is 0 Å². The number of hydrogen-bond donors (Lipinski definition) is 0. The van der Waals surface area contributed by atoms with Gasteiger partial charge in [-0.15, -0.1) is 6.42 Å². The van der Waals surface area contributed by atoms with Crippen molar-refractivity contribution >= 4 is 0 Å². The molecule has 0 aromatic rings. The van der Waals surface area contributed by atoms with Crippen LogP contribution in [0, 0.1) is 26.7 Å². The van der Waals surface area contributed by atoms with Crippen molar-refractivity contribution in [2.24, 2.45) is 5.92 Å². The van der Waals surface area contributed by atoms with E-state index in [1.165, 1.54) is 0 Å². The third kappa shape index (κ3) is 150. The SMILES string of the molecule is [CH2-]C.[CH2-]CCC([CH2-])C.[Cm].[Cm]. The second-order valence-electron chi connectivity index (χ2n) is 1.75. The Hall–Kier alpha value is -2.00. The summed E-state index contributed by atoms with van der Waals surface area (Å²) in [6.07, 6.45) is 2.17. The second kappa shape index (κ2) is 28.0. The molecule has 0 bridgehead atoms. The zero-order valence-corrected chi connectivity index (χ0v) is 12.7. The van der Waals surface area contributed by atoms with Crippen LogP contribution in [0.3, 0.4) is 0 Å². The van der Waals surface area contributed by atoms with Gasteiger partial charge in [-0.1, -0.05) is 6.92 Å². The van der Waals surface area contributed by atoms with Crippen LogP contribution >= 0.6 is 0 Å². The molecule has 0 aliphatic rings. The van der Waals surface area contributed by atoms with Crippen LogP contribution in [0.1, 0.15) is 26.7 Å². The van der Waals surface area contributed by atoms with Gasteiger partial charge >= 0.3 is 0 Å². The Morgan fingerprint density at radius 3 is 1.50 bits per heavy atom. The fourth-order valence-corrected chi connectivity index (χ4v) is 0.348. The van der Waals surface area contributed by atoms with E-state index in [1.54, 1.807) is 6.92 Å². The first kappa shape index (κ1) is 24.5. The smallest absolute Gasteiger partial charge is 0 e. The molecule has 1 unspecified atom stereocenters. The molecule has 0 aliphatic carbocycles. The summed E-state index contributed by atoms with van der Waals surface area (Å²) in [6.45, 7) is 14.6. The summed E-state index contributed by atoms with van der Waals surface area (Å²) in [5, 5.41) is 0. The van der Waals surface area contributed by atoms with Gasteiger partial charge in [0.15, 0.2) is 0 Å². The molecule has 2 heteroatoms. The molecule has 0 amide bonds. The molecule has 0 aromatic heterocycles. The summed E-state index contributed by atoms with van der Waals surface area (Å²) in [7, 11) is 0. The quantitative estimate of drug-likeness (QED) is 0.424. The third-order valence-electron chi connectivity index (χ3n) is 0.697. The number of rotatable bonds is 2. The maximum atomic E-state index is 3.79. The van der Waals surface area contributed by atoms with Crippen LogP contribution in [0.5, 0.6) is 0 Å². The van der Waals surface area contributed by atoms with E-state index in [1.807, 2.05) is 0 Å². The predicted octanol–water partition coefficient (Wildman–Crippen LogP) is 2.91. The summed E-state index contributed by atoms with van der Waals surface area (Å²) in [4.78, 5) is 0. The van der Waals surface area contributed by atoms with E-state index in [9.17, 15) is 0 Å². The Bertz CT molecular complexity index is 28.4. The Morgan fingerprint density at radius 1 is 1.20 bits per heavy atom. The minimum Gasteiger partial charge on any atom is -0.346 e. The fourth-order valence-electron chi connectivity index (χ4n) is 0.348. The normalized spacial score (nSPS) is 9.30. The molecule has 0 aromatic carbocycles. The first-order chi connectivity index (χ1) is 3.77. The first-order valence-corrected chi connectivity index (χ1v) is 3.10. The Labute approximate surface area is 54.3 Å². The molecule has 0 aliphatic heterocycles. The molecular formula is C8H17Cm2-3. The summed E-state index contributed by atoms with van der Waals surface area (Å²) < 4.78 is 0. The van der Waals surface area contributed by atoms with Crippen LogP contribution in [0.2, 0.25) is 0 Å². The third-order valence-corrected chi connectivity index (χ3v) is 0.697. The van der Waals surface area contributed by atoms with Crippen molar-refractivity contribution in [2.75, 3.05) is 0 Å². The molecule has 1 atom stereocenters. The Morgan fingerprint density at radius 2 is 1.50 bits per heavy atom. The zero-order valence-electron chi connectivity index (χ0n) is 6.82. The van der Waals surface area contributed by atoms with Crippen LogP contribution in [0.15, 0.2) is 0 Å². The van der Waals surface area contributed by atoms with Gasteiger partial charge in [0.05, 0.1) is 0 Å². The molecule has 0 saturated carbocycles. The maximum Gasteiger partial charge on any atom is 0 e. The summed E-state index contributed by atoms with van der Waals surface area (Å²) in [6, 6.07) is 0. The molecule has 0 N–H and O–H groups in total. The van der Waals surface area contributed by atoms with Gasteiger partial charge in [0.2, 0.25) is 0 Å². The van der Waals surface area contributed by atoms with Gasteiger partial charge in [-0.3, -0.25) is 0 Å². The molecule has 68 valence electrons. The van der Waals surface area contributed by atoms with Crippen molar-refractivity contribution in [3.63, 3.8) is 0 Å². The number of hydrogen-bond acceptors (Lipinski definition) is 0. The van der Waals surface area contributed by atoms with Crippen molar-refractivity contribution in [3.8, 4) is 0 Å². The zero-order chi connectivity index (χ0) is 6.99. The van der Waals surface area contributed by atoms with Crippen molar-refractivity contribution < 1.29 is 0 Å². The average Bonchev–Trinajstić information content (AvgIpc) is 1.72. The van der Waals surface area contributed by atoms with Crippen molar-refractivity contribution in [3.05, 3.63) is 20.8 Å². The van der Waals surface area contributed by atoms with Crippen molar-refractivity contribution in [1.82, 2.24) is 0 Å². The van der Waals surface area contributed by atoms with Crippen LogP contribution in [-0.2, 0) is 0 Å². The molecule has 0 radical (unpaired) electrons. The van der Waals surface area contributed by atoms with Gasteiger partial charge < -0.3 is 20.8 Å². The average molecular weight is 607 g/mol. The van der Waals surface area contributed by atoms with E-state index in [0.717, 1.165) is 12.8 Å². The van der Waals surface area contributed by atoms with E-state index in [2.05, 4.69) is 27.7 Å². The van der Waals surface area contributed by atoms with Gasteiger partial charge in [0.25, 0.3) is 0 Å². The molecular weight excluding hydrogens is 590 g/mol. The van der Waals surface area contributed by atoms with E-state index in [4.69, 9.17) is 0 Å². The van der Waals surface area contributed by atoms with Gasteiger partial charge in [-0.2, -0.15) is 19.3 Å². The van der Waals surface area contributed by atoms with Gasteiger partial charge in [-0.25, -0.2) is 0 Å². The second-order valence-corrected chi connectivity index (χ2v) is 1.75. The topological polar surface area (TPSA) is 0 Å². The molecule has 0 fully saturated rings. The minimum atomic E-state index is 0. The standard InChI is InChI=1S/C6H12.C2H5.2Cm/c1-4-5-6(2)3;1-2;;/h6H,1-2,4-5H2,3H3;1H2,2H3;;/q-2;-1;;. The maximum absolute atomic E-state index is 3.79. The monoisotopic (exact) mass is 599 g/mol. The van der Waals surface area contributed by atoms with E-state index in [-0.39, 0.29) is 0 Å². The van der Waals surface area contributed by atoms with Crippen LogP contribution in [0.4, 0.5) is 0 Å².